The molecule has 0 amide bonds. The van der Waals surface area contributed by atoms with Gasteiger partial charge >= 0.3 is 0 Å². The zero-order valence-corrected chi connectivity index (χ0v) is 14.1. The van der Waals surface area contributed by atoms with E-state index in [2.05, 4.69) is 20.7 Å². The molecule has 0 aliphatic carbocycles. The fourth-order valence-electron chi connectivity index (χ4n) is 1.79. The molecule has 118 valence electrons. The summed E-state index contributed by atoms with van der Waals surface area (Å²) in [6.45, 7) is 0.0456. The Labute approximate surface area is 137 Å². The molecule has 2 aromatic carbocycles. The summed E-state index contributed by atoms with van der Waals surface area (Å²) in [6.07, 6.45) is 0. The van der Waals surface area contributed by atoms with Crippen molar-refractivity contribution < 1.29 is 18.3 Å². The molecule has 0 bridgehead atoms. The largest absolute Gasteiger partial charge is 0.504 e. The normalized spacial score (nSPS) is 11.4. The van der Waals surface area contributed by atoms with Crippen LogP contribution in [0.4, 0.5) is 5.69 Å². The van der Waals surface area contributed by atoms with Gasteiger partial charge in [0, 0.05) is 16.7 Å². The van der Waals surface area contributed by atoms with Crippen molar-refractivity contribution in [3.05, 3.63) is 46.4 Å². The van der Waals surface area contributed by atoms with E-state index in [1.54, 1.807) is 6.07 Å². The van der Waals surface area contributed by atoms with Crippen LogP contribution in [0.3, 0.4) is 0 Å². The van der Waals surface area contributed by atoms with Gasteiger partial charge in [-0.1, -0.05) is 15.9 Å². The van der Waals surface area contributed by atoms with Crippen molar-refractivity contribution in [2.24, 2.45) is 0 Å². The van der Waals surface area contributed by atoms with E-state index in [1.807, 2.05) is 0 Å². The van der Waals surface area contributed by atoms with Crippen molar-refractivity contribution in [2.75, 3.05) is 12.8 Å². The van der Waals surface area contributed by atoms with Gasteiger partial charge < -0.3 is 15.6 Å². The zero-order chi connectivity index (χ0) is 16.3. The minimum absolute atomic E-state index is 0.0282. The van der Waals surface area contributed by atoms with Gasteiger partial charge in [-0.05, 0) is 42.0 Å². The maximum atomic E-state index is 12.2. The number of rotatable bonds is 5. The van der Waals surface area contributed by atoms with Crippen LogP contribution in [-0.4, -0.2) is 20.6 Å². The number of ether oxygens (including phenoxy) is 1. The van der Waals surface area contributed by atoms with Crippen molar-refractivity contribution in [2.45, 2.75) is 11.4 Å². The first-order valence-corrected chi connectivity index (χ1v) is 8.51. The molecule has 6 nitrogen and oxygen atoms in total. The van der Waals surface area contributed by atoms with Crippen LogP contribution in [0.15, 0.2) is 45.8 Å². The highest BCUT2D eigenvalue weighted by Crippen LogP contribution is 2.32. The number of anilines is 1. The second kappa shape index (κ2) is 6.55. The maximum absolute atomic E-state index is 12.2. The van der Waals surface area contributed by atoms with Crippen LogP contribution >= 0.6 is 15.9 Å². The van der Waals surface area contributed by atoms with E-state index in [9.17, 15) is 13.5 Å². The third-order valence-electron chi connectivity index (χ3n) is 2.99. The molecule has 0 aromatic heterocycles. The number of methoxy groups -OCH3 is 1. The lowest BCUT2D eigenvalue weighted by Crippen LogP contribution is -2.23. The van der Waals surface area contributed by atoms with Gasteiger partial charge in [0.15, 0.2) is 11.5 Å². The monoisotopic (exact) mass is 386 g/mol. The number of benzene rings is 2. The third-order valence-corrected chi connectivity index (χ3v) is 5.15. The highest BCUT2D eigenvalue weighted by molar-refractivity contribution is 9.10. The summed E-state index contributed by atoms with van der Waals surface area (Å²) in [5.41, 5.74) is 6.67. The number of nitrogens with one attached hydrogen (secondary N) is 1. The molecule has 0 aliphatic heterocycles. The van der Waals surface area contributed by atoms with Gasteiger partial charge in [-0.15, -0.1) is 0 Å². The molecule has 0 spiro atoms. The Morgan fingerprint density at radius 2 is 1.91 bits per heavy atom. The Kier molecular flexibility index (Phi) is 4.94. The zero-order valence-electron chi connectivity index (χ0n) is 11.7. The van der Waals surface area contributed by atoms with Gasteiger partial charge in [-0.2, -0.15) is 0 Å². The van der Waals surface area contributed by atoms with Crippen molar-refractivity contribution >= 4 is 31.6 Å². The van der Waals surface area contributed by atoms with Crippen LogP contribution in [0.2, 0.25) is 0 Å². The maximum Gasteiger partial charge on any atom is 0.240 e. The minimum atomic E-state index is -3.65. The number of phenols is 1. The SMILES string of the molecule is COc1cc(CNS(=O)(=O)c2ccc(N)cc2)c(Br)cc1O. The molecule has 0 fully saturated rings. The minimum Gasteiger partial charge on any atom is -0.504 e. The molecule has 0 aliphatic rings. The number of hydrogen-bond acceptors (Lipinski definition) is 5. The summed E-state index contributed by atoms with van der Waals surface area (Å²) in [5.74, 6) is 0.240. The lowest BCUT2D eigenvalue weighted by molar-refractivity contribution is 0.372. The van der Waals surface area contributed by atoms with E-state index >= 15 is 0 Å². The first-order valence-electron chi connectivity index (χ1n) is 6.24. The Balaban J connectivity index is 2.20. The van der Waals surface area contributed by atoms with Crippen LogP contribution in [0.25, 0.3) is 0 Å². The van der Waals surface area contributed by atoms with Crippen LogP contribution < -0.4 is 15.2 Å². The molecule has 0 saturated heterocycles. The highest BCUT2D eigenvalue weighted by Gasteiger charge is 2.15. The topological polar surface area (TPSA) is 102 Å². The van der Waals surface area contributed by atoms with Gasteiger partial charge in [0.2, 0.25) is 10.0 Å². The van der Waals surface area contributed by atoms with E-state index in [0.717, 1.165) is 0 Å². The second-order valence-electron chi connectivity index (χ2n) is 4.51. The van der Waals surface area contributed by atoms with Gasteiger partial charge in [-0.3, -0.25) is 0 Å². The lowest BCUT2D eigenvalue weighted by atomic mass is 10.2. The first kappa shape index (κ1) is 16.6. The van der Waals surface area contributed by atoms with E-state index in [4.69, 9.17) is 10.5 Å². The van der Waals surface area contributed by atoms with Crippen LogP contribution in [0.5, 0.6) is 11.5 Å². The highest BCUT2D eigenvalue weighted by atomic mass is 79.9. The molecule has 4 N–H and O–H groups in total. The summed E-state index contributed by atoms with van der Waals surface area (Å²) >= 11 is 3.28. The summed E-state index contributed by atoms with van der Waals surface area (Å²) < 4.78 is 32.5. The predicted octanol–water partition coefficient (Wildman–Crippen LogP) is 2.22. The average Bonchev–Trinajstić information content (AvgIpc) is 2.47. The predicted molar refractivity (Wildman–Crippen MR) is 87.2 cm³/mol. The fourth-order valence-corrected chi connectivity index (χ4v) is 3.27. The van der Waals surface area contributed by atoms with E-state index in [-0.39, 0.29) is 22.9 Å². The third kappa shape index (κ3) is 3.70. The molecule has 22 heavy (non-hydrogen) atoms. The van der Waals surface area contributed by atoms with Gasteiger partial charge in [0.1, 0.15) is 0 Å². The number of halogens is 1. The van der Waals surface area contributed by atoms with Crippen molar-refractivity contribution in [3.63, 3.8) is 0 Å². The van der Waals surface area contributed by atoms with E-state index in [0.29, 0.717) is 15.7 Å². The molecular weight excluding hydrogens is 372 g/mol. The van der Waals surface area contributed by atoms with E-state index in [1.165, 1.54) is 37.4 Å². The Morgan fingerprint density at radius 1 is 1.27 bits per heavy atom. The number of nitrogen functional groups attached to an aromatic ring is 1. The molecule has 0 radical (unpaired) electrons. The van der Waals surface area contributed by atoms with Crippen molar-refractivity contribution in [1.29, 1.82) is 0 Å². The molecule has 0 saturated carbocycles. The van der Waals surface area contributed by atoms with Gasteiger partial charge in [0.05, 0.1) is 12.0 Å². The lowest BCUT2D eigenvalue weighted by Gasteiger charge is -2.11. The number of phenolic OH excluding ortho intramolecular Hbond substituents is 1. The summed E-state index contributed by atoms with van der Waals surface area (Å²) in [5, 5.41) is 9.64. The first-order chi connectivity index (χ1) is 10.3. The fraction of sp³-hybridized carbons (Fsp3) is 0.143. The molecular formula is C14H15BrN2O4S. The molecule has 0 unspecified atom stereocenters. The smallest absolute Gasteiger partial charge is 0.240 e. The molecule has 0 atom stereocenters. The summed E-state index contributed by atoms with van der Waals surface area (Å²) in [4.78, 5) is 0.128. The summed E-state index contributed by atoms with van der Waals surface area (Å²) in [6, 6.07) is 8.92. The van der Waals surface area contributed by atoms with Crippen LogP contribution in [-0.2, 0) is 16.6 Å². The Morgan fingerprint density at radius 3 is 2.50 bits per heavy atom. The molecule has 2 aromatic rings. The van der Waals surface area contributed by atoms with Gasteiger partial charge in [-0.25, -0.2) is 13.1 Å². The Hall–Kier alpha value is -1.77. The number of aromatic hydroxyl groups is 1. The number of hydrogen-bond donors (Lipinski definition) is 3. The average molecular weight is 387 g/mol. The Bertz CT molecular complexity index is 776. The van der Waals surface area contributed by atoms with Crippen LogP contribution in [0.1, 0.15) is 5.56 Å². The molecule has 2 rings (SSSR count). The number of sulfonamides is 1. The number of nitrogens with two attached hydrogens (primary N) is 1. The van der Waals surface area contributed by atoms with Gasteiger partial charge in [0.25, 0.3) is 0 Å². The summed E-state index contributed by atoms with van der Waals surface area (Å²) in [7, 11) is -2.23. The molecule has 0 heterocycles. The molecule has 8 heteroatoms. The van der Waals surface area contributed by atoms with Crippen LogP contribution in [0, 0.1) is 0 Å². The quantitative estimate of drug-likeness (QED) is 0.683. The van der Waals surface area contributed by atoms with E-state index < -0.39 is 10.0 Å². The second-order valence-corrected chi connectivity index (χ2v) is 7.13. The standard InChI is InChI=1S/C14H15BrN2O4S/c1-21-14-6-9(12(15)7-13(14)18)8-17-22(19,20)11-4-2-10(16)3-5-11/h2-7,17-18H,8,16H2,1H3. The van der Waals surface area contributed by atoms with Crippen molar-refractivity contribution in [1.82, 2.24) is 4.72 Å². The van der Waals surface area contributed by atoms with Crippen molar-refractivity contribution in [3.8, 4) is 11.5 Å².